The number of nitrogens with zero attached hydrogens (tertiary/aromatic N) is 1. The summed E-state index contributed by atoms with van der Waals surface area (Å²) in [6.07, 6.45) is 3.59. The highest BCUT2D eigenvalue weighted by molar-refractivity contribution is 7.19. The van der Waals surface area contributed by atoms with Crippen molar-refractivity contribution in [2.75, 3.05) is 13.6 Å². The molecule has 0 aliphatic rings. The molecule has 130 valence electrons. The minimum atomic E-state index is -0.522. The van der Waals surface area contributed by atoms with E-state index >= 15 is 0 Å². The molecule has 0 aromatic carbocycles. The first-order chi connectivity index (χ1) is 11.2. The molecule has 0 unspecified atom stereocenters. The molecule has 1 N–H and O–H groups in total. The van der Waals surface area contributed by atoms with Crippen molar-refractivity contribution in [3.63, 3.8) is 0 Å². The van der Waals surface area contributed by atoms with Gasteiger partial charge in [0.25, 0.3) is 5.91 Å². The molecule has 2 heterocycles. The van der Waals surface area contributed by atoms with Gasteiger partial charge in [-0.1, -0.05) is 11.6 Å². The summed E-state index contributed by atoms with van der Waals surface area (Å²) in [7, 11) is 1.67. The Hall–Kier alpha value is -1.79. The fourth-order valence-corrected chi connectivity index (χ4v) is 3.24. The largest absolute Gasteiger partial charge is 0.460 e. The molecule has 2 rings (SSSR count). The minimum Gasteiger partial charge on any atom is -0.460 e. The smallest absolute Gasteiger partial charge is 0.308 e. The molecule has 5 nitrogen and oxygen atoms in total. The van der Waals surface area contributed by atoms with Crippen molar-refractivity contribution in [2.45, 2.75) is 32.8 Å². The Morgan fingerprint density at radius 2 is 2.00 bits per heavy atom. The van der Waals surface area contributed by atoms with E-state index in [1.165, 1.54) is 16.2 Å². The van der Waals surface area contributed by atoms with Crippen molar-refractivity contribution in [1.29, 1.82) is 0 Å². The van der Waals surface area contributed by atoms with Crippen LogP contribution in [0, 0.1) is 0 Å². The molecule has 7 heteroatoms. The Labute approximate surface area is 150 Å². The molecule has 0 aliphatic carbocycles. The number of ether oxygens (including phenoxy) is 1. The van der Waals surface area contributed by atoms with Crippen LogP contribution >= 0.6 is 22.9 Å². The minimum absolute atomic E-state index is 0.153. The lowest BCUT2D eigenvalue weighted by Gasteiger charge is -2.21. The number of rotatable bonds is 5. The first-order valence-electron chi connectivity index (χ1n) is 7.57. The van der Waals surface area contributed by atoms with Gasteiger partial charge in [0.2, 0.25) is 0 Å². The Bertz CT molecular complexity index is 730. The Balaban J connectivity index is 2.02. The number of amides is 1. The molecule has 0 fully saturated rings. The molecule has 0 atom stereocenters. The third-order valence-electron chi connectivity index (χ3n) is 3.23. The van der Waals surface area contributed by atoms with Gasteiger partial charge in [0.05, 0.1) is 16.3 Å². The van der Waals surface area contributed by atoms with Crippen LogP contribution in [0.1, 0.15) is 37.6 Å². The third kappa shape index (κ3) is 4.85. The van der Waals surface area contributed by atoms with E-state index in [9.17, 15) is 9.59 Å². The maximum atomic E-state index is 12.6. The number of thiophene rings is 1. The molecule has 0 saturated heterocycles. The van der Waals surface area contributed by atoms with E-state index < -0.39 is 5.60 Å². The van der Waals surface area contributed by atoms with Gasteiger partial charge in [0, 0.05) is 36.4 Å². The molecule has 0 aliphatic heterocycles. The van der Waals surface area contributed by atoms with Crippen molar-refractivity contribution >= 4 is 34.8 Å². The normalized spacial score (nSPS) is 11.4. The lowest BCUT2D eigenvalue weighted by atomic mass is 10.1. The summed E-state index contributed by atoms with van der Waals surface area (Å²) >= 11 is 7.38. The van der Waals surface area contributed by atoms with Crippen LogP contribution in [0.3, 0.4) is 0 Å². The molecule has 1 amide bonds. The Morgan fingerprint density at radius 3 is 2.58 bits per heavy atom. The molecular formula is C17H21ClN2O3S. The predicted molar refractivity (Wildman–Crippen MR) is 96.5 cm³/mol. The van der Waals surface area contributed by atoms with E-state index in [-0.39, 0.29) is 18.3 Å². The molecule has 2 aromatic heterocycles. The van der Waals surface area contributed by atoms with Crippen molar-refractivity contribution in [3.05, 3.63) is 34.4 Å². The topological polar surface area (TPSA) is 62.4 Å². The molecule has 24 heavy (non-hydrogen) atoms. The van der Waals surface area contributed by atoms with Gasteiger partial charge in [-0.25, -0.2) is 0 Å². The van der Waals surface area contributed by atoms with E-state index in [1.807, 2.05) is 26.8 Å². The zero-order valence-corrected chi connectivity index (χ0v) is 15.8. The Morgan fingerprint density at radius 1 is 1.29 bits per heavy atom. The van der Waals surface area contributed by atoms with E-state index in [1.54, 1.807) is 25.5 Å². The van der Waals surface area contributed by atoms with Crippen LogP contribution in [0.2, 0.25) is 4.34 Å². The molecule has 0 radical (unpaired) electrons. The summed E-state index contributed by atoms with van der Waals surface area (Å²) in [4.78, 5) is 29.8. The van der Waals surface area contributed by atoms with Crippen LogP contribution in [0.4, 0.5) is 0 Å². The number of aromatic nitrogens is 1. The number of carbonyl (C=O) groups excluding carboxylic acids is 2. The summed E-state index contributed by atoms with van der Waals surface area (Å²) in [5.41, 5.74) is 0.840. The highest BCUT2D eigenvalue weighted by Gasteiger charge is 2.21. The number of carbonyl (C=O) groups is 2. The number of nitrogens with one attached hydrogen (secondary N) is 1. The SMILES string of the molecule is CN(CCC(=O)OC(C)(C)C)C(=O)c1c[nH]cc1-c1ccc(Cl)s1. The molecule has 0 saturated carbocycles. The number of aromatic amines is 1. The number of hydrogen-bond acceptors (Lipinski definition) is 4. The highest BCUT2D eigenvalue weighted by atomic mass is 35.5. The van der Waals surface area contributed by atoms with Crippen LogP contribution in [0.25, 0.3) is 10.4 Å². The van der Waals surface area contributed by atoms with E-state index in [0.29, 0.717) is 16.4 Å². The van der Waals surface area contributed by atoms with Gasteiger partial charge in [-0.15, -0.1) is 11.3 Å². The molecule has 0 spiro atoms. The molecule has 2 aromatic rings. The van der Waals surface area contributed by atoms with Gasteiger partial charge in [0.15, 0.2) is 0 Å². The summed E-state index contributed by atoms with van der Waals surface area (Å²) in [5.74, 6) is -0.471. The third-order valence-corrected chi connectivity index (χ3v) is 4.50. The van der Waals surface area contributed by atoms with Crippen molar-refractivity contribution < 1.29 is 14.3 Å². The van der Waals surface area contributed by atoms with Gasteiger partial charge in [0.1, 0.15) is 5.60 Å². The Kier molecular flexibility index (Phi) is 5.72. The van der Waals surface area contributed by atoms with Gasteiger partial charge >= 0.3 is 5.97 Å². The number of H-pyrrole nitrogens is 1. The summed E-state index contributed by atoms with van der Waals surface area (Å²) in [6.45, 7) is 5.75. The van der Waals surface area contributed by atoms with E-state index in [0.717, 1.165) is 10.4 Å². The monoisotopic (exact) mass is 368 g/mol. The summed E-state index contributed by atoms with van der Waals surface area (Å²) < 4.78 is 5.93. The summed E-state index contributed by atoms with van der Waals surface area (Å²) in [6, 6.07) is 3.68. The van der Waals surface area contributed by atoms with Crippen LogP contribution in [-0.2, 0) is 9.53 Å². The van der Waals surface area contributed by atoms with Gasteiger partial charge < -0.3 is 14.6 Å². The van der Waals surface area contributed by atoms with E-state index in [4.69, 9.17) is 16.3 Å². The maximum absolute atomic E-state index is 12.6. The second kappa shape index (κ2) is 7.40. The average Bonchev–Trinajstić information content (AvgIpc) is 3.10. The van der Waals surface area contributed by atoms with E-state index in [2.05, 4.69) is 4.98 Å². The zero-order chi connectivity index (χ0) is 17.9. The number of hydrogen-bond donors (Lipinski definition) is 1. The van der Waals surface area contributed by atoms with Gasteiger partial charge in [-0.05, 0) is 32.9 Å². The standard InChI is InChI=1S/C17H21ClN2O3S/c1-17(2,3)23-15(21)7-8-20(4)16(22)12-10-19-9-11(12)13-5-6-14(18)24-13/h5-6,9-10,19H,7-8H2,1-4H3. The van der Waals surface area contributed by atoms with Crippen LogP contribution in [0.15, 0.2) is 24.5 Å². The lowest BCUT2D eigenvalue weighted by Crippen LogP contribution is -2.31. The first kappa shape index (κ1) is 18.5. The maximum Gasteiger partial charge on any atom is 0.308 e. The quantitative estimate of drug-likeness (QED) is 0.804. The number of halogens is 1. The predicted octanol–water partition coefficient (Wildman–Crippen LogP) is 4.20. The van der Waals surface area contributed by atoms with Gasteiger partial charge in [-0.2, -0.15) is 0 Å². The van der Waals surface area contributed by atoms with Crippen LogP contribution in [-0.4, -0.2) is 41.0 Å². The van der Waals surface area contributed by atoms with Crippen LogP contribution < -0.4 is 0 Å². The lowest BCUT2D eigenvalue weighted by molar-refractivity contribution is -0.154. The van der Waals surface area contributed by atoms with Crippen LogP contribution in [0.5, 0.6) is 0 Å². The van der Waals surface area contributed by atoms with Crippen molar-refractivity contribution in [1.82, 2.24) is 9.88 Å². The molecular weight excluding hydrogens is 348 g/mol. The summed E-state index contributed by atoms with van der Waals surface area (Å²) in [5, 5.41) is 0. The van der Waals surface area contributed by atoms with Crippen molar-refractivity contribution in [3.8, 4) is 10.4 Å². The fraction of sp³-hybridized carbons (Fsp3) is 0.412. The highest BCUT2D eigenvalue weighted by Crippen LogP contribution is 2.33. The average molecular weight is 369 g/mol. The first-order valence-corrected chi connectivity index (χ1v) is 8.76. The fourth-order valence-electron chi connectivity index (χ4n) is 2.16. The molecule has 0 bridgehead atoms. The zero-order valence-electron chi connectivity index (χ0n) is 14.2. The van der Waals surface area contributed by atoms with Gasteiger partial charge in [-0.3, -0.25) is 9.59 Å². The van der Waals surface area contributed by atoms with Crippen molar-refractivity contribution in [2.24, 2.45) is 0 Å². The number of esters is 1. The second-order valence-corrected chi connectivity index (χ2v) is 8.16. The second-order valence-electron chi connectivity index (χ2n) is 6.45.